The Balaban J connectivity index is 1.43. The number of aromatic amines is 1. The zero-order valence-electron chi connectivity index (χ0n) is 16.3. The minimum atomic E-state index is -0.0385. The minimum absolute atomic E-state index is 0.0385. The minimum Gasteiger partial charge on any atom is -0.378 e. The Morgan fingerprint density at radius 2 is 2.10 bits per heavy atom. The average Bonchev–Trinajstić information content (AvgIpc) is 3.33. The maximum Gasteiger partial charge on any atom is 0.317 e. The molecule has 4 aromatic rings. The van der Waals surface area contributed by atoms with Crippen molar-refractivity contribution in [1.29, 1.82) is 0 Å². The Morgan fingerprint density at radius 3 is 2.93 bits per heavy atom. The number of pyridine rings is 1. The molecule has 148 valence electrons. The van der Waals surface area contributed by atoms with Gasteiger partial charge in [0, 0.05) is 66.6 Å². The van der Waals surface area contributed by atoms with Crippen LogP contribution in [0.25, 0.3) is 33.2 Å². The number of nitrogens with zero attached hydrogens (tertiary/aromatic N) is 3. The lowest BCUT2D eigenvalue weighted by atomic mass is 10.1. The van der Waals surface area contributed by atoms with Gasteiger partial charge < -0.3 is 24.5 Å². The van der Waals surface area contributed by atoms with Gasteiger partial charge in [-0.3, -0.25) is 0 Å². The third-order valence-corrected chi connectivity index (χ3v) is 5.48. The highest BCUT2D eigenvalue weighted by molar-refractivity contribution is 5.98. The molecule has 0 bridgehead atoms. The molecule has 0 atom stereocenters. The summed E-state index contributed by atoms with van der Waals surface area (Å²) in [4.78, 5) is 22.0. The highest BCUT2D eigenvalue weighted by atomic mass is 16.5. The van der Waals surface area contributed by atoms with Crippen LogP contribution in [0.1, 0.15) is 5.56 Å². The Hall–Kier alpha value is -3.32. The lowest BCUT2D eigenvalue weighted by molar-refractivity contribution is 0.0531. The molecule has 0 radical (unpaired) electrons. The number of ether oxygens (including phenoxy) is 1. The fraction of sp³-hybridized carbons (Fsp3) is 0.273. The monoisotopic (exact) mass is 389 g/mol. The topological polar surface area (TPSA) is 75.2 Å². The van der Waals surface area contributed by atoms with E-state index in [1.54, 1.807) is 11.1 Å². The Labute approximate surface area is 168 Å². The summed E-state index contributed by atoms with van der Waals surface area (Å²) in [5.41, 5.74) is 5.27. The van der Waals surface area contributed by atoms with Crippen molar-refractivity contribution >= 4 is 28.0 Å². The van der Waals surface area contributed by atoms with E-state index in [1.165, 1.54) is 0 Å². The first kappa shape index (κ1) is 17.8. The fourth-order valence-electron chi connectivity index (χ4n) is 3.92. The van der Waals surface area contributed by atoms with Gasteiger partial charge in [-0.05, 0) is 35.9 Å². The maximum atomic E-state index is 12.4. The molecule has 0 aliphatic carbocycles. The summed E-state index contributed by atoms with van der Waals surface area (Å²) in [6.45, 7) is 2.98. The molecule has 1 aliphatic heterocycles. The molecule has 7 nitrogen and oxygen atoms in total. The Kier molecular flexibility index (Phi) is 4.44. The van der Waals surface area contributed by atoms with Crippen LogP contribution in [0.2, 0.25) is 0 Å². The van der Waals surface area contributed by atoms with Crippen LogP contribution in [-0.4, -0.2) is 51.8 Å². The van der Waals surface area contributed by atoms with E-state index in [-0.39, 0.29) is 6.03 Å². The molecule has 7 heteroatoms. The van der Waals surface area contributed by atoms with E-state index in [0.717, 1.165) is 38.8 Å². The molecular formula is C22H23N5O2. The van der Waals surface area contributed by atoms with Gasteiger partial charge in [-0.1, -0.05) is 6.07 Å². The zero-order valence-corrected chi connectivity index (χ0v) is 16.3. The van der Waals surface area contributed by atoms with Gasteiger partial charge >= 0.3 is 6.03 Å². The van der Waals surface area contributed by atoms with Gasteiger partial charge in [-0.2, -0.15) is 0 Å². The summed E-state index contributed by atoms with van der Waals surface area (Å²) in [5, 5.41) is 5.27. The van der Waals surface area contributed by atoms with E-state index < -0.39 is 0 Å². The van der Waals surface area contributed by atoms with Crippen LogP contribution in [-0.2, 0) is 18.3 Å². The number of amides is 2. The number of benzene rings is 1. The highest BCUT2D eigenvalue weighted by Gasteiger charge is 2.17. The number of nitrogens with one attached hydrogen (secondary N) is 2. The maximum absolute atomic E-state index is 12.4. The number of morpholine rings is 1. The van der Waals surface area contributed by atoms with E-state index in [9.17, 15) is 4.79 Å². The van der Waals surface area contributed by atoms with Crippen LogP contribution < -0.4 is 5.32 Å². The number of H-pyrrole nitrogens is 1. The molecule has 0 spiro atoms. The van der Waals surface area contributed by atoms with Crippen molar-refractivity contribution in [1.82, 2.24) is 24.8 Å². The number of aryl methyl sites for hydroxylation is 1. The molecule has 1 saturated heterocycles. The lowest BCUT2D eigenvalue weighted by Crippen LogP contribution is -2.45. The van der Waals surface area contributed by atoms with Crippen LogP contribution in [0.4, 0.5) is 4.79 Å². The van der Waals surface area contributed by atoms with Gasteiger partial charge in [-0.25, -0.2) is 9.78 Å². The van der Waals surface area contributed by atoms with Crippen molar-refractivity contribution in [2.45, 2.75) is 6.54 Å². The van der Waals surface area contributed by atoms with Crippen LogP contribution in [0.3, 0.4) is 0 Å². The zero-order chi connectivity index (χ0) is 19.8. The average molecular weight is 389 g/mol. The molecular weight excluding hydrogens is 366 g/mol. The smallest absolute Gasteiger partial charge is 0.317 e. The summed E-state index contributed by atoms with van der Waals surface area (Å²) >= 11 is 0. The van der Waals surface area contributed by atoms with E-state index in [0.29, 0.717) is 32.8 Å². The van der Waals surface area contributed by atoms with Gasteiger partial charge in [0.2, 0.25) is 0 Å². The number of carbonyl (C=O) groups is 1. The molecule has 29 heavy (non-hydrogen) atoms. The normalized spacial score (nSPS) is 14.6. The summed E-state index contributed by atoms with van der Waals surface area (Å²) in [6.07, 6.45) is 3.92. The second-order valence-electron chi connectivity index (χ2n) is 7.39. The predicted molar refractivity (Wildman–Crippen MR) is 113 cm³/mol. The number of fused-ring (bicyclic) bond motifs is 2. The molecule has 4 heterocycles. The van der Waals surface area contributed by atoms with E-state index in [1.807, 2.05) is 13.1 Å². The molecule has 5 rings (SSSR count). The standard InChI is InChI=1S/C22H23N5O2/c1-26-14-18(19-12-16-3-2-6-23-21(16)25-19)17-11-15(4-5-20(17)26)13-24-22(28)27-7-9-29-10-8-27/h2-6,11-12,14H,7-10,13H2,1H3,(H,23,25)(H,24,28). The molecule has 2 N–H and O–H groups in total. The van der Waals surface area contributed by atoms with Gasteiger partial charge in [0.1, 0.15) is 5.65 Å². The summed E-state index contributed by atoms with van der Waals surface area (Å²) in [6, 6.07) is 12.4. The quantitative estimate of drug-likeness (QED) is 0.565. The van der Waals surface area contributed by atoms with Crippen molar-refractivity contribution in [3.8, 4) is 11.3 Å². The van der Waals surface area contributed by atoms with Crippen molar-refractivity contribution in [2.75, 3.05) is 26.3 Å². The second-order valence-corrected chi connectivity index (χ2v) is 7.39. The molecule has 1 fully saturated rings. The number of carbonyl (C=O) groups excluding carboxylic acids is 1. The highest BCUT2D eigenvalue weighted by Crippen LogP contribution is 2.32. The molecule has 2 amide bonds. The SMILES string of the molecule is Cn1cc(-c2cc3cccnc3[nH]2)c2cc(CNC(=O)N3CCOCC3)ccc21. The van der Waals surface area contributed by atoms with Gasteiger partial charge in [-0.15, -0.1) is 0 Å². The number of rotatable bonds is 3. The summed E-state index contributed by atoms with van der Waals surface area (Å²) in [5.74, 6) is 0. The van der Waals surface area contributed by atoms with E-state index in [4.69, 9.17) is 4.74 Å². The summed E-state index contributed by atoms with van der Waals surface area (Å²) in [7, 11) is 2.05. The van der Waals surface area contributed by atoms with Crippen molar-refractivity contribution in [3.05, 3.63) is 54.4 Å². The van der Waals surface area contributed by atoms with Crippen molar-refractivity contribution < 1.29 is 9.53 Å². The first-order valence-electron chi connectivity index (χ1n) is 9.81. The fourth-order valence-corrected chi connectivity index (χ4v) is 3.92. The lowest BCUT2D eigenvalue weighted by Gasteiger charge is -2.26. The van der Waals surface area contributed by atoms with Crippen LogP contribution >= 0.6 is 0 Å². The molecule has 1 aliphatic rings. The Morgan fingerprint density at radius 1 is 1.24 bits per heavy atom. The summed E-state index contributed by atoms with van der Waals surface area (Å²) < 4.78 is 7.43. The van der Waals surface area contributed by atoms with Gasteiger partial charge in [0.25, 0.3) is 0 Å². The molecule has 0 unspecified atom stereocenters. The van der Waals surface area contributed by atoms with E-state index >= 15 is 0 Å². The number of hydrogen-bond donors (Lipinski definition) is 2. The Bertz CT molecular complexity index is 1150. The third kappa shape index (κ3) is 3.34. The number of hydrogen-bond acceptors (Lipinski definition) is 3. The molecule has 0 saturated carbocycles. The largest absolute Gasteiger partial charge is 0.378 e. The van der Waals surface area contributed by atoms with Crippen molar-refractivity contribution in [2.24, 2.45) is 7.05 Å². The second kappa shape index (κ2) is 7.25. The van der Waals surface area contributed by atoms with Crippen LogP contribution in [0, 0.1) is 0 Å². The first-order valence-corrected chi connectivity index (χ1v) is 9.81. The number of urea groups is 1. The third-order valence-electron chi connectivity index (χ3n) is 5.48. The van der Waals surface area contributed by atoms with Crippen LogP contribution in [0.5, 0.6) is 0 Å². The van der Waals surface area contributed by atoms with Crippen LogP contribution in [0.15, 0.2) is 48.8 Å². The molecule has 3 aromatic heterocycles. The van der Waals surface area contributed by atoms with Gasteiger partial charge in [0.05, 0.1) is 13.2 Å². The van der Waals surface area contributed by atoms with Crippen molar-refractivity contribution in [3.63, 3.8) is 0 Å². The molecule has 1 aromatic carbocycles. The van der Waals surface area contributed by atoms with E-state index in [2.05, 4.69) is 56.4 Å². The number of aromatic nitrogens is 3. The van der Waals surface area contributed by atoms with Gasteiger partial charge in [0.15, 0.2) is 0 Å². The first-order chi connectivity index (χ1) is 14.2. The predicted octanol–water partition coefficient (Wildman–Crippen LogP) is 3.26.